The van der Waals surface area contributed by atoms with Gasteiger partial charge in [0.05, 0.1) is 41.4 Å². The van der Waals surface area contributed by atoms with Gasteiger partial charge in [-0.25, -0.2) is 13.2 Å². The van der Waals surface area contributed by atoms with E-state index in [0.717, 1.165) is 0 Å². The molecule has 0 spiro atoms. The van der Waals surface area contributed by atoms with Crippen LogP contribution in [0.4, 0.5) is 5.69 Å². The molecule has 1 heterocycles. The predicted molar refractivity (Wildman–Crippen MR) is 91.1 cm³/mol. The average molecular weight is 375 g/mol. The number of rotatable bonds is 5. The summed E-state index contributed by atoms with van der Waals surface area (Å²) in [5, 5.41) is 3.24. The molecular weight excluding hydrogens is 356 g/mol. The van der Waals surface area contributed by atoms with E-state index >= 15 is 0 Å². The Kier molecular flexibility index (Phi) is 5.71. The number of ether oxygens (including phenoxy) is 1. The number of carbonyl (C=O) groups excluding carboxylic acids is 2. The zero-order valence-corrected chi connectivity index (χ0v) is 15.0. The molecule has 9 heteroatoms. The van der Waals surface area contributed by atoms with Crippen LogP contribution in [0.15, 0.2) is 18.2 Å². The highest BCUT2D eigenvalue weighted by Gasteiger charge is 2.32. The molecular formula is C15H19ClN2O5S. The summed E-state index contributed by atoms with van der Waals surface area (Å²) in [6.45, 7) is -0.0581. The number of nitrogens with zero attached hydrogens (tertiary/aromatic N) is 1. The number of methoxy groups -OCH3 is 1. The van der Waals surface area contributed by atoms with Crippen LogP contribution < -0.4 is 5.32 Å². The first kappa shape index (κ1) is 18.5. The number of benzene rings is 1. The molecule has 1 atom stereocenters. The molecule has 1 aliphatic heterocycles. The molecule has 7 nitrogen and oxygen atoms in total. The Morgan fingerprint density at radius 3 is 2.71 bits per heavy atom. The van der Waals surface area contributed by atoms with Gasteiger partial charge in [-0.15, -0.1) is 0 Å². The molecule has 2 rings (SSSR count). The number of sulfone groups is 1. The maximum atomic E-state index is 12.2. The van der Waals surface area contributed by atoms with E-state index in [4.69, 9.17) is 11.6 Å². The number of amides is 1. The third-order valence-electron chi connectivity index (χ3n) is 3.97. The molecule has 0 radical (unpaired) electrons. The summed E-state index contributed by atoms with van der Waals surface area (Å²) in [6, 6.07) is 4.26. The van der Waals surface area contributed by atoms with E-state index in [-0.39, 0.29) is 30.0 Å². The highest BCUT2D eigenvalue weighted by molar-refractivity contribution is 7.91. The minimum absolute atomic E-state index is 0.00613. The Morgan fingerprint density at radius 1 is 1.42 bits per heavy atom. The van der Waals surface area contributed by atoms with Crippen molar-refractivity contribution in [3.05, 3.63) is 28.8 Å². The topological polar surface area (TPSA) is 92.8 Å². The fraction of sp³-hybridized carbons (Fsp3) is 0.467. The molecule has 0 saturated carbocycles. The quantitative estimate of drug-likeness (QED) is 0.778. The van der Waals surface area contributed by atoms with Crippen LogP contribution in [0, 0.1) is 0 Å². The lowest BCUT2D eigenvalue weighted by Crippen LogP contribution is -2.40. The molecule has 1 amide bonds. The molecule has 1 aliphatic rings. The normalized spacial score (nSPS) is 18.9. The van der Waals surface area contributed by atoms with Gasteiger partial charge in [0.1, 0.15) is 0 Å². The Hall–Kier alpha value is -1.80. The molecule has 132 valence electrons. The number of hydrogen-bond donors (Lipinski definition) is 1. The van der Waals surface area contributed by atoms with Gasteiger partial charge in [-0.3, -0.25) is 4.79 Å². The van der Waals surface area contributed by atoms with Gasteiger partial charge in [0.15, 0.2) is 9.84 Å². The monoisotopic (exact) mass is 374 g/mol. The Labute approximate surface area is 145 Å². The SMILES string of the molecule is COC(=O)c1ccc(Cl)c(NCC(=O)N(C)C2CCS(=O)(=O)C2)c1. The van der Waals surface area contributed by atoms with Gasteiger partial charge in [-0.05, 0) is 24.6 Å². The van der Waals surface area contributed by atoms with E-state index < -0.39 is 15.8 Å². The highest BCUT2D eigenvalue weighted by Crippen LogP contribution is 2.23. The Morgan fingerprint density at radius 2 is 2.12 bits per heavy atom. The zero-order valence-electron chi connectivity index (χ0n) is 13.4. The zero-order chi connectivity index (χ0) is 17.9. The van der Waals surface area contributed by atoms with Crippen molar-refractivity contribution in [3.8, 4) is 0 Å². The van der Waals surface area contributed by atoms with Crippen LogP contribution in [0.3, 0.4) is 0 Å². The van der Waals surface area contributed by atoms with Crippen LogP contribution in [0.2, 0.25) is 5.02 Å². The van der Waals surface area contributed by atoms with Crippen LogP contribution in [0.5, 0.6) is 0 Å². The smallest absolute Gasteiger partial charge is 0.337 e. The lowest BCUT2D eigenvalue weighted by molar-refractivity contribution is -0.129. The highest BCUT2D eigenvalue weighted by atomic mass is 35.5. The van der Waals surface area contributed by atoms with Crippen LogP contribution in [-0.2, 0) is 19.4 Å². The number of esters is 1. The van der Waals surface area contributed by atoms with Crippen molar-refractivity contribution in [1.29, 1.82) is 0 Å². The molecule has 1 aromatic carbocycles. The lowest BCUT2D eigenvalue weighted by atomic mass is 10.2. The van der Waals surface area contributed by atoms with E-state index in [2.05, 4.69) is 10.1 Å². The Bertz CT molecular complexity index is 750. The summed E-state index contributed by atoms with van der Waals surface area (Å²) in [5.74, 6) is -0.658. The predicted octanol–water partition coefficient (Wildman–Crippen LogP) is 1.18. The second-order valence-electron chi connectivity index (χ2n) is 5.60. The summed E-state index contributed by atoms with van der Waals surface area (Å²) in [6.07, 6.45) is 0.448. The molecule has 24 heavy (non-hydrogen) atoms. The van der Waals surface area contributed by atoms with Crippen LogP contribution in [0.25, 0.3) is 0 Å². The second-order valence-corrected chi connectivity index (χ2v) is 8.24. The van der Waals surface area contributed by atoms with Crippen LogP contribution >= 0.6 is 11.6 Å². The minimum Gasteiger partial charge on any atom is -0.465 e. The standard InChI is InChI=1S/C15H19ClN2O5S/c1-18(11-5-6-24(21,22)9-11)14(19)8-17-13-7-10(15(20)23-2)3-4-12(13)16/h3-4,7,11,17H,5-6,8-9H2,1-2H3. The van der Waals surface area contributed by atoms with Gasteiger partial charge < -0.3 is 15.0 Å². The third kappa shape index (κ3) is 4.39. The van der Waals surface area contributed by atoms with E-state index in [9.17, 15) is 18.0 Å². The van der Waals surface area contributed by atoms with Crippen molar-refractivity contribution < 1.29 is 22.7 Å². The summed E-state index contributed by atoms with van der Waals surface area (Å²) in [4.78, 5) is 25.2. The summed E-state index contributed by atoms with van der Waals surface area (Å²) >= 11 is 6.05. The summed E-state index contributed by atoms with van der Waals surface area (Å²) in [7, 11) is -0.191. The van der Waals surface area contributed by atoms with Gasteiger partial charge in [0, 0.05) is 13.1 Å². The van der Waals surface area contributed by atoms with Crippen molar-refractivity contribution in [2.75, 3.05) is 37.5 Å². The first-order chi connectivity index (χ1) is 11.2. The molecule has 1 N–H and O–H groups in total. The first-order valence-electron chi connectivity index (χ1n) is 7.31. The number of hydrogen-bond acceptors (Lipinski definition) is 6. The fourth-order valence-corrected chi connectivity index (χ4v) is 4.44. The molecule has 0 bridgehead atoms. The van der Waals surface area contributed by atoms with Crippen LogP contribution in [0.1, 0.15) is 16.8 Å². The minimum atomic E-state index is -3.05. The average Bonchev–Trinajstić information content (AvgIpc) is 2.92. The lowest BCUT2D eigenvalue weighted by Gasteiger charge is -2.24. The molecule has 0 aromatic heterocycles. The van der Waals surface area contributed by atoms with Gasteiger partial charge in [0.25, 0.3) is 0 Å². The second kappa shape index (κ2) is 7.40. The number of nitrogens with one attached hydrogen (secondary N) is 1. The van der Waals surface area contributed by atoms with Gasteiger partial charge in [-0.1, -0.05) is 11.6 Å². The van der Waals surface area contributed by atoms with Gasteiger partial charge >= 0.3 is 5.97 Å². The number of carbonyl (C=O) groups is 2. The molecule has 0 aliphatic carbocycles. The maximum Gasteiger partial charge on any atom is 0.337 e. The molecule has 1 unspecified atom stereocenters. The maximum absolute atomic E-state index is 12.2. The van der Waals surface area contributed by atoms with Crippen molar-refractivity contribution in [2.45, 2.75) is 12.5 Å². The van der Waals surface area contributed by atoms with E-state index in [1.807, 2.05) is 0 Å². The van der Waals surface area contributed by atoms with Crippen molar-refractivity contribution in [3.63, 3.8) is 0 Å². The van der Waals surface area contributed by atoms with Gasteiger partial charge in [-0.2, -0.15) is 0 Å². The van der Waals surface area contributed by atoms with Gasteiger partial charge in [0.2, 0.25) is 5.91 Å². The third-order valence-corrected chi connectivity index (χ3v) is 6.05. The fourth-order valence-electron chi connectivity index (χ4n) is 2.49. The molecule has 1 aromatic rings. The van der Waals surface area contributed by atoms with E-state index in [0.29, 0.717) is 22.7 Å². The number of halogens is 1. The molecule has 1 fully saturated rings. The van der Waals surface area contributed by atoms with Crippen LogP contribution in [-0.4, -0.2) is 63.4 Å². The van der Waals surface area contributed by atoms with E-state index in [1.165, 1.54) is 30.2 Å². The molecule has 1 saturated heterocycles. The Balaban J connectivity index is 2.00. The van der Waals surface area contributed by atoms with Crippen molar-refractivity contribution in [1.82, 2.24) is 4.90 Å². The summed E-state index contributed by atoms with van der Waals surface area (Å²) < 4.78 is 27.7. The van der Waals surface area contributed by atoms with Crippen molar-refractivity contribution in [2.24, 2.45) is 0 Å². The van der Waals surface area contributed by atoms with E-state index in [1.54, 1.807) is 7.05 Å². The van der Waals surface area contributed by atoms with Crippen molar-refractivity contribution >= 4 is 39.0 Å². The summed E-state index contributed by atoms with van der Waals surface area (Å²) in [5.41, 5.74) is 0.743. The largest absolute Gasteiger partial charge is 0.465 e. The first-order valence-corrected chi connectivity index (χ1v) is 9.51. The number of likely N-dealkylation sites (N-methyl/N-ethyl adjacent to an activating group) is 1. The number of anilines is 1.